The fraction of sp³-hybridized carbons (Fsp3) is 0.444. The number of aryl methyl sites for hydroxylation is 1. The first-order valence-electron chi connectivity index (χ1n) is 8.18. The molecule has 5 nitrogen and oxygen atoms in total. The summed E-state index contributed by atoms with van der Waals surface area (Å²) in [5, 5.41) is 3.34. The molecule has 5 heteroatoms. The molecule has 0 aliphatic rings. The number of methoxy groups -OCH3 is 1. The minimum atomic E-state index is 0.796. The lowest BCUT2D eigenvalue weighted by molar-refractivity contribution is 0.415. The standard InChI is InChI=1S/C18H26N4O/c1-5-11-22(12-6-2)18-19-14(3)13-17(21-18)20-15-7-9-16(23-4)10-8-15/h7-10,13H,5-6,11-12H2,1-4H3,(H,19,20,21). The molecule has 1 N–H and O–H groups in total. The molecule has 0 unspecified atom stereocenters. The molecule has 0 aliphatic carbocycles. The van der Waals surface area contributed by atoms with Crippen molar-refractivity contribution in [2.75, 3.05) is 30.4 Å². The normalized spacial score (nSPS) is 10.4. The van der Waals surface area contributed by atoms with Crippen LogP contribution in [0.25, 0.3) is 0 Å². The lowest BCUT2D eigenvalue weighted by Gasteiger charge is -2.22. The number of aromatic nitrogens is 2. The second kappa shape index (κ2) is 8.36. The van der Waals surface area contributed by atoms with Crippen LogP contribution in [0.1, 0.15) is 32.4 Å². The maximum atomic E-state index is 5.18. The fourth-order valence-corrected chi connectivity index (χ4v) is 2.43. The summed E-state index contributed by atoms with van der Waals surface area (Å²) in [4.78, 5) is 11.5. The SMILES string of the molecule is CCCN(CCC)c1nc(C)cc(Nc2ccc(OC)cc2)n1. The molecule has 1 aromatic carbocycles. The van der Waals surface area contributed by atoms with Gasteiger partial charge < -0.3 is 15.0 Å². The summed E-state index contributed by atoms with van der Waals surface area (Å²) >= 11 is 0. The van der Waals surface area contributed by atoms with Crippen molar-refractivity contribution in [3.8, 4) is 5.75 Å². The van der Waals surface area contributed by atoms with E-state index in [0.717, 1.165) is 54.8 Å². The maximum absolute atomic E-state index is 5.18. The van der Waals surface area contributed by atoms with Gasteiger partial charge in [0, 0.05) is 30.5 Å². The van der Waals surface area contributed by atoms with E-state index in [9.17, 15) is 0 Å². The first-order chi connectivity index (χ1) is 11.2. The van der Waals surface area contributed by atoms with Crippen LogP contribution in [0, 0.1) is 6.92 Å². The molecule has 0 atom stereocenters. The minimum absolute atomic E-state index is 0.796. The number of hydrogen-bond acceptors (Lipinski definition) is 5. The van der Waals surface area contributed by atoms with Crippen LogP contribution in [0.15, 0.2) is 30.3 Å². The first-order valence-corrected chi connectivity index (χ1v) is 8.18. The van der Waals surface area contributed by atoms with Gasteiger partial charge in [-0.25, -0.2) is 4.98 Å². The molecular formula is C18H26N4O. The Balaban J connectivity index is 2.21. The molecule has 0 amide bonds. The zero-order chi connectivity index (χ0) is 16.7. The van der Waals surface area contributed by atoms with Gasteiger partial charge in [0.1, 0.15) is 11.6 Å². The third kappa shape index (κ3) is 4.84. The summed E-state index contributed by atoms with van der Waals surface area (Å²) in [7, 11) is 1.67. The van der Waals surface area contributed by atoms with Crippen molar-refractivity contribution in [1.29, 1.82) is 0 Å². The summed E-state index contributed by atoms with van der Waals surface area (Å²) in [6.45, 7) is 8.29. The molecule has 0 aliphatic heterocycles. The molecule has 1 aromatic heterocycles. The molecular weight excluding hydrogens is 288 g/mol. The van der Waals surface area contributed by atoms with E-state index in [-0.39, 0.29) is 0 Å². The van der Waals surface area contributed by atoms with Crippen molar-refractivity contribution in [2.45, 2.75) is 33.6 Å². The van der Waals surface area contributed by atoms with E-state index >= 15 is 0 Å². The van der Waals surface area contributed by atoms with Crippen LogP contribution in [-0.2, 0) is 0 Å². The molecule has 0 radical (unpaired) electrons. The molecule has 0 bridgehead atoms. The molecule has 124 valence electrons. The van der Waals surface area contributed by atoms with E-state index in [1.54, 1.807) is 7.11 Å². The summed E-state index contributed by atoms with van der Waals surface area (Å²) in [6.07, 6.45) is 2.16. The van der Waals surface area contributed by atoms with Gasteiger partial charge in [-0.05, 0) is 44.0 Å². The average Bonchev–Trinajstić information content (AvgIpc) is 2.55. The highest BCUT2D eigenvalue weighted by molar-refractivity contribution is 5.58. The maximum Gasteiger partial charge on any atom is 0.227 e. The monoisotopic (exact) mass is 314 g/mol. The van der Waals surface area contributed by atoms with Gasteiger partial charge >= 0.3 is 0 Å². The quantitative estimate of drug-likeness (QED) is 0.792. The van der Waals surface area contributed by atoms with Crippen LogP contribution in [0.4, 0.5) is 17.5 Å². The number of hydrogen-bond donors (Lipinski definition) is 1. The molecule has 1 heterocycles. The summed E-state index contributed by atoms with van der Waals surface area (Å²) in [5.74, 6) is 2.45. The van der Waals surface area contributed by atoms with Crippen molar-refractivity contribution < 1.29 is 4.74 Å². The second-order valence-corrected chi connectivity index (χ2v) is 5.54. The predicted molar refractivity (Wildman–Crippen MR) is 95.8 cm³/mol. The van der Waals surface area contributed by atoms with Crippen LogP contribution < -0.4 is 15.0 Å². The molecule has 2 rings (SSSR count). The number of nitrogens with one attached hydrogen (secondary N) is 1. The van der Waals surface area contributed by atoms with Crippen molar-refractivity contribution in [3.05, 3.63) is 36.0 Å². The summed E-state index contributed by atoms with van der Waals surface area (Å²) in [5.41, 5.74) is 1.94. The third-order valence-corrected chi connectivity index (χ3v) is 3.47. The largest absolute Gasteiger partial charge is 0.497 e. The summed E-state index contributed by atoms with van der Waals surface area (Å²) in [6, 6.07) is 9.77. The third-order valence-electron chi connectivity index (χ3n) is 3.47. The van der Waals surface area contributed by atoms with Crippen molar-refractivity contribution in [3.63, 3.8) is 0 Å². The van der Waals surface area contributed by atoms with E-state index < -0.39 is 0 Å². The van der Waals surface area contributed by atoms with Gasteiger partial charge in [-0.3, -0.25) is 0 Å². The van der Waals surface area contributed by atoms with Gasteiger partial charge in [0.2, 0.25) is 5.95 Å². The van der Waals surface area contributed by atoms with Gasteiger partial charge in [-0.15, -0.1) is 0 Å². The zero-order valence-corrected chi connectivity index (χ0v) is 14.5. The Labute approximate surface area is 138 Å². The topological polar surface area (TPSA) is 50.3 Å². The van der Waals surface area contributed by atoms with E-state index in [0.29, 0.717) is 0 Å². The fourth-order valence-electron chi connectivity index (χ4n) is 2.43. The average molecular weight is 314 g/mol. The van der Waals surface area contributed by atoms with Crippen molar-refractivity contribution >= 4 is 17.5 Å². The van der Waals surface area contributed by atoms with Crippen LogP contribution in [0.3, 0.4) is 0 Å². The number of rotatable bonds is 8. The first kappa shape index (κ1) is 17.1. The van der Waals surface area contributed by atoms with Gasteiger partial charge in [-0.1, -0.05) is 13.8 Å². The molecule has 2 aromatic rings. The highest BCUT2D eigenvalue weighted by atomic mass is 16.5. The number of ether oxygens (including phenoxy) is 1. The number of benzene rings is 1. The lowest BCUT2D eigenvalue weighted by atomic mass is 10.3. The molecule has 23 heavy (non-hydrogen) atoms. The summed E-state index contributed by atoms with van der Waals surface area (Å²) < 4.78 is 5.18. The number of nitrogens with zero attached hydrogens (tertiary/aromatic N) is 3. The van der Waals surface area contributed by atoms with Crippen molar-refractivity contribution in [1.82, 2.24) is 9.97 Å². The molecule has 0 fully saturated rings. The van der Waals surface area contributed by atoms with E-state index in [1.807, 2.05) is 37.3 Å². The van der Waals surface area contributed by atoms with Crippen LogP contribution in [0.5, 0.6) is 5.75 Å². The lowest BCUT2D eigenvalue weighted by Crippen LogP contribution is -2.27. The van der Waals surface area contributed by atoms with E-state index in [1.165, 1.54) is 0 Å². The predicted octanol–water partition coefficient (Wildman–Crippen LogP) is 4.16. The Bertz CT molecular complexity index is 607. The van der Waals surface area contributed by atoms with E-state index in [4.69, 9.17) is 4.74 Å². The molecule has 0 saturated heterocycles. The Kier molecular flexibility index (Phi) is 6.20. The zero-order valence-electron chi connectivity index (χ0n) is 14.5. The second-order valence-electron chi connectivity index (χ2n) is 5.54. The molecule has 0 saturated carbocycles. The highest BCUT2D eigenvalue weighted by Crippen LogP contribution is 2.21. The smallest absolute Gasteiger partial charge is 0.227 e. The van der Waals surface area contributed by atoms with Crippen molar-refractivity contribution in [2.24, 2.45) is 0 Å². The van der Waals surface area contributed by atoms with Gasteiger partial charge in [-0.2, -0.15) is 4.98 Å². The Morgan fingerprint density at radius 1 is 1.04 bits per heavy atom. The van der Waals surface area contributed by atoms with Gasteiger partial charge in [0.05, 0.1) is 7.11 Å². The Hall–Kier alpha value is -2.30. The minimum Gasteiger partial charge on any atom is -0.497 e. The van der Waals surface area contributed by atoms with Crippen LogP contribution in [0.2, 0.25) is 0 Å². The van der Waals surface area contributed by atoms with Crippen LogP contribution >= 0.6 is 0 Å². The highest BCUT2D eigenvalue weighted by Gasteiger charge is 2.10. The van der Waals surface area contributed by atoms with Crippen LogP contribution in [-0.4, -0.2) is 30.2 Å². The molecule has 0 spiro atoms. The number of anilines is 3. The van der Waals surface area contributed by atoms with Gasteiger partial charge in [0.15, 0.2) is 0 Å². The Morgan fingerprint density at radius 3 is 2.26 bits per heavy atom. The van der Waals surface area contributed by atoms with Gasteiger partial charge in [0.25, 0.3) is 0 Å². The Morgan fingerprint density at radius 2 is 1.70 bits per heavy atom. The van der Waals surface area contributed by atoms with E-state index in [2.05, 4.69) is 34.0 Å².